The molecule has 24 heavy (non-hydrogen) atoms. The second-order valence-electron chi connectivity index (χ2n) is 5.54. The number of rotatable bonds is 6. The summed E-state index contributed by atoms with van der Waals surface area (Å²) in [6, 6.07) is 8.34. The zero-order chi connectivity index (χ0) is 17.6. The summed E-state index contributed by atoms with van der Waals surface area (Å²) < 4.78 is 14.2. The topological polar surface area (TPSA) is 56.7 Å². The van der Waals surface area contributed by atoms with Crippen molar-refractivity contribution in [2.45, 2.75) is 26.0 Å². The Morgan fingerprint density at radius 1 is 1.38 bits per heavy atom. The first kappa shape index (κ1) is 18.9. The van der Waals surface area contributed by atoms with Crippen molar-refractivity contribution in [2.75, 3.05) is 13.1 Å². The zero-order valence-electron chi connectivity index (χ0n) is 13.6. The number of guanidine groups is 1. The van der Waals surface area contributed by atoms with Crippen molar-refractivity contribution in [2.24, 2.45) is 4.99 Å². The molecule has 3 N–H and O–H groups in total. The van der Waals surface area contributed by atoms with E-state index in [4.69, 9.17) is 0 Å². The lowest BCUT2D eigenvalue weighted by Crippen LogP contribution is -2.44. The van der Waals surface area contributed by atoms with Crippen LogP contribution in [0, 0.1) is 5.82 Å². The fourth-order valence-electron chi connectivity index (χ4n) is 2.10. The van der Waals surface area contributed by atoms with Crippen LogP contribution >= 0.6 is 27.3 Å². The lowest BCUT2D eigenvalue weighted by Gasteiger charge is -2.23. The van der Waals surface area contributed by atoms with Gasteiger partial charge in [0, 0.05) is 15.9 Å². The predicted octanol–water partition coefficient (Wildman–Crippen LogP) is 3.61. The SMILES string of the molecule is CCNC(=NCc1cc(F)ccc1Br)NCC(C)(O)c1cccs1. The first-order chi connectivity index (χ1) is 11.4. The number of benzene rings is 1. The molecule has 0 bridgehead atoms. The summed E-state index contributed by atoms with van der Waals surface area (Å²) in [4.78, 5) is 5.35. The van der Waals surface area contributed by atoms with Gasteiger partial charge in [-0.25, -0.2) is 9.38 Å². The van der Waals surface area contributed by atoms with Crippen molar-refractivity contribution in [1.82, 2.24) is 10.6 Å². The molecule has 0 aliphatic rings. The highest BCUT2D eigenvalue weighted by Gasteiger charge is 2.24. The average Bonchev–Trinajstić information content (AvgIpc) is 3.08. The molecule has 1 atom stereocenters. The van der Waals surface area contributed by atoms with Crippen LogP contribution in [0.25, 0.3) is 0 Å². The van der Waals surface area contributed by atoms with E-state index in [1.165, 1.54) is 23.5 Å². The molecule has 2 aromatic rings. The molecule has 0 aliphatic heterocycles. The number of aliphatic imine (C=N–C) groups is 1. The van der Waals surface area contributed by atoms with E-state index in [2.05, 4.69) is 31.6 Å². The Balaban J connectivity index is 2.04. The van der Waals surface area contributed by atoms with E-state index in [0.717, 1.165) is 14.9 Å². The highest BCUT2D eigenvalue weighted by molar-refractivity contribution is 9.10. The molecule has 0 amide bonds. The quantitative estimate of drug-likeness (QED) is 0.500. The minimum absolute atomic E-state index is 0.290. The van der Waals surface area contributed by atoms with E-state index in [1.54, 1.807) is 13.0 Å². The fourth-order valence-corrected chi connectivity index (χ4v) is 3.26. The minimum Gasteiger partial charge on any atom is -0.383 e. The zero-order valence-corrected chi connectivity index (χ0v) is 16.0. The smallest absolute Gasteiger partial charge is 0.191 e. The van der Waals surface area contributed by atoms with Crippen LogP contribution in [0.5, 0.6) is 0 Å². The third kappa shape index (κ3) is 5.29. The standard InChI is InChI=1S/C17H21BrFN3OS/c1-3-20-16(21-10-12-9-13(19)6-7-14(12)18)22-11-17(2,23)15-5-4-8-24-15/h4-9,23H,3,10-11H2,1-2H3,(H2,20,21,22). The first-order valence-corrected chi connectivity index (χ1v) is 9.32. The summed E-state index contributed by atoms with van der Waals surface area (Å²) in [5.74, 6) is 0.285. The third-order valence-corrected chi connectivity index (χ3v) is 5.31. The molecule has 0 saturated carbocycles. The summed E-state index contributed by atoms with van der Waals surface area (Å²) >= 11 is 4.91. The number of nitrogens with one attached hydrogen (secondary N) is 2. The van der Waals surface area contributed by atoms with Crippen molar-refractivity contribution < 1.29 is 9.50 Å². The van der Waals surface area contributed by atoms with E-state index in [9.17, 15) is 9.50 Å². The molecule has 1 aromatic heterocycles. The van der Waals surface area contributed by atoms with Gasteiger partial charge in [0.25, 0.3) is 0 Å². The van der Waals surface area contributed by atoms with Gasteiger partial charge in [-0.3, -0.25) is 0 Å². The van der Waals surface area contributed by atoms with Gasteiger partial charge in [0.1, 0.15) is 11.4 Å². The highest BCUT2D eigenvalue weighted by Crippen LogP contribution is 2.24. The summed E-state index contributed by atoms with van der Waals surface area (Å²) in [7, 11) is 0. The third-order valence-electron chi connectivity index (χ3n) is 3.41. The van der Waals surface area contributed by atoms with Gasteiger partial charge < -0.3 is 15.7 Å². The Bertz CT molecular complexity index is 689. The van der Waals surface area contributed by atoms with Gasteiger partial charge in [-0.2, -0.15) is 0 Å². The number of aliphatic hydroxyl groups is 1. The molecular formula is C17H21BrFN3OS. The molecule has 7 heteroatoms. The minimum atomic E-state index is -0.982. The van der Waals surface area contributed by atoms with Crippen LogP contribution in [0.3, 0.4) is 0 Å². The highest BCUT2D eigenvalue weighted by atomic mass is 79.9. The molecule has 2 rings (SSSR count). The van der Waals surface area contributed by atoms with Crippen LogP contribution in [-0.4, -0.2) is 24.2 Å². The second kappa shape index (κ2) is 8.60. The molecule has 0 saturated heterocycles. The van der Waals surface area contributed by atoms with Crippen LogP contribution in [0.1, 0.15) is 24.3 Å². The first-order valence-electron chi connectivity index (χ1n) is 7.65. The van der Waals surface area contributed by atoms with Crippen molar-refractivity contribution in [1.29, 1.82) is 0 Å². The molecule has 1 unspecified atom stereocenters. The molecular weight excluding hydrogens is 393 g/mol. The van der Waals surface area contributed by atoms with E-state index in [1.807, 2.05) is 24.4 Å². The van der Waals surface area contributed by atoms with E-state index >= 15 is 0 Å². The maximum atomic E-state index is 13.3. The molecule has 0 spiro atoms. The van der Waals surface area contributed by atoms with Gasteiger partial charge in [0.15, 0.2) is 5.96 Å². The Hall–Kier alpha value is -1.44. The maximum Gasteiger partial charge on any atom is 0.191 e. The lowest BCUT2D eigenvalue weighted by atomic mass is 10.1. The van der Waals surface area contributed by atoms with Gasteiger partial charge in [-0.05, 0) is 49.1 Å². The van der Waals surface area contributed by atoms with Gasteiger partial charge in [-0.15, -0.1) is 11.3 Å². The second-order valence-corrected chi connectivity index (χ2v) is 7.34. The Labute approximate surface area is 154 Å². The van der Waals surface area contributed by atoms with Crippen LogP contribution < -0.4 is 10.6 Å². The van der Waals surface area contributed by atoms with Gasteiger partial charge >= 0.3 is 0 Å². The number of hydrogen-bond donors (Lipinski definition) is 3. The van der Waals surface area contributed by atoms with Crippen LogP contribution in [0.2, 0.25) is 0 Å². The summed E-state index contributed by atoms with van der Waals surface area (Å²) in [6.45, 7) is 5.07. The number of nitrogens with zero attached hydrogens (tertiary/aromatic N) is 1. The van der Waals surface area contributed by atoms with Crippen LogP contribution in [0.15, 0.2) is 45.2 Å². The van der Waals surface area contributed by atoms with Crippen LogP contribution in [0.4, 0.5) is 4.39 Å². The Kier molecular flexibility index (Phi) is 6.77. The van der Waals surface area contributed by atoms with Crippen LogP contribution in [-0.2, 0) is 12.1 Å². The molecule has 0 fully saturated rings. The largest absolute Gasteiger partial charge is 0.383 e. The van der Waals surface area contributed by atoms with Crippen molar-refractivity contribution in [3.05, 3.63) is 56.4 Å². The molecule has 1 aromatic carbocycles. The molecule has 0 aliphatic carbocycles. The average molecular weight is 414 g/mol. The predicted molar refractivity (Wildman–Crippen MR) is 101 cm³/mol. The normalized spacial score (nSPS) is 14.3. The number of halogens is 2. The van der Waals surface area contributed by atoms with Crippen molar-refractivity contribution in [3.8, 4) is 0 Å². The van der Waals surface area contributed by atoms with E-state index in [-0.39, 0.29) is 5.82 Å². The monoisotopic (exact) mass is 413 g/mol. The molecule has 130 valence electrons. The Morgan fingerprint density at radius 2 is 2.17 bits per heavy atom. The van der Waals surface area contributed by atoms with Crippen molar-refractivity contribution in [3.63, 3.8) is 0 Å². The maximum absolute atomic E-state index is 13.3. The van der Waals surface area contributed by atoms with Gasteiger partial charge in [0.2, 0.25) is 0 Å². The van der Waals surface area contributed by atoms with E-state index < -0.39 is 5.60 Å². The van der Waals surface area contributed by atoms with E-state index in [0.29, 0.717) is 25.6 Å². The molecule has 4 nitrogen and oxygen atoms in total. The number of hydrogen-bond acceptors (Lipinski definition) is 3. The van der Waals surface area contributed by atoms with Gasteiger partial charge in [0.05, 0.1) is 13.1 Å². The Morgan fingerprint density at radius 3 is 2.83 bits per heavy atom. The molecule has 0 radical (unpaired) electrons. The van der Waals surface area contributed by atoms with Crippen molar-refractivity contribution >= 4 is 33.2 Å². The molecule has 1 heterocycles. The summed E-state index contributed by atoms with van der Waals surface area (Å²) in [5.41, 5.74) is -0.221. The fraction of sp³-hybridized carbons (Fsp3) is 0.353. The summed E-state index contributed by atoms with van der Waals surface area (Å²) in [5, 5.41) is 18.8. The number of thiophene rings is 1. The van der Waals surface area contributed by atoms with Gasteiger partial charge in [-0.1, -0.05) is 22.0 Å². The summed E-state index contributed by atoms with van der Waals surface area (Å²) in [6.07, 6.45) is 0. The lowest BCUT2D eigenvalue weighted by molar-refractivity contribution is 0.0655.